The molecule has 0 aromatic heterocycles. The molecule has 0 aliphatic heterocycles. The number of benzene rings is 2. The molecule has 0 saturated heterocycles. The first kappa shape index (κ1) is 14.3. The summed E-state index contributed by atoms with van der Waals surface area (Å²) in [4.78, 5) is 0. The van der Waals surface area contributed by atoms with Gasteiger partial charge in [0, 0.05) is 16.8 Å². The first-order valence-electron chi connectivity index (χ1n) is 6.33. The van der Waals surface area contributed by atoms with Crippen molar-refractivity contribution < 1.29 is 13.5 Å². The van der Waals surface area contributed by atoms with Gasteiger partial charge in [0.2, 0.25) is 0 Å². The Balaban J connectivity index is 2.19. The lowest BCUT2D eigenvalue weighted by atomic mass is 10.1. The van der Waals surface area contributed by atoms with Crippen LogP contribution in [0.25, 0.3) is 0 Å². The van der Waals surface area contributed by atoms with Crippen LogP contribution in [0.4, 0.5) is 14.5 Å². The summed E-state index contributed by atoms with van der Waals surface area (Å²) >= 11 is 0. The summed E-state index contributed by atoms with van der Waals surface area (Å²) in [6.07, 6.45) is 0. The molecule has 0 aliphatic rings. The molecular weight excluding hydrogens is 260 g/mol. The van der Waals surface area contributed by atoms with E-state index in [1.54, 1.807) is 37.3 Å². The van der Waals surface area contributed by atoms with Crippen LogP contribution >= 0.6 is 0 Å². The Morgan fingerprint density at radius 1 is 1.05 bits per heavy atom. The first-order chi connectivity index (χ1) is 9.42. The molecule has 0 unspecified atom stereocenters. The zero-order chi connectivity index (χ0) is 14.8. The van der Waals surface area contributed by atoms with Gasteiger partial charge >= 0.3 is 5.92 Å². The smallest absolute Gasteiger partial charge is 0.306 e. The summed E-state index contributed by atoms with van der Waals surface area (Å²) in [5.41, 5.74) is 7.73. The van der Waals surface area contributed by atoms with E-state index < -0.39 is 12.5 Å². The third kappa shape index (κ3) is 2.90. The predicted molar refractivity (Wildman–Crippen MR) is 76.2 cm³/mol. The molecule has 2 N–H and O–H groups in total. The number of alkyl halides is 2. The zero-order valence-corrected chi connectivity index (χ0v) is 11.5. The van der Waals surface area contributed by atoms with E-state index in [0.717, 1.165) is 5.56 Å². The second-order valence-electron chi connectivity index (χ2n) is 4.78. The molecule has 2 nitrogen and oxygen atoms in total. The lowest BCUT2D eigenvalue weighted by Gasteiger charge is -2.20. The van der Waals surface area contributed by atoms with Gasteiger partial charge in [0.05, 0.1) is 0 Å². The Morgan fingerprint density at radius 3 is 2.35 bits per heavy atom. The van der Waals surface area contributed by atoms with Crippen molar-refractivity contribution >= 4 is 5.69 Å². The van der Waals surface area contributed by atoms with Crippen molar-refractivity contribution in [3.63, 3.8) is 0 Å². The molecule has 0 radical (unpaired) electrons. The summed E-state index contributed by atoms with van der Waals surface area (Å²) < 4.78 is 33.4. The molecule has 2 aromatic carbocycles. The van der Waals surface area contributed by atoms with Crippen LogP contribution in [0.1, 0.15) is 16.7 Å². The topological polar surface area (TPSA) is 35.2 Å². The number of halogens is 2. The van der Waals surface area contributed by atoms with Crippen LogP contribution in [-0.4, -0.2) is 6.61 Å². The molecule has 0 fully saturated rings. The van der Waals surface area contributed by atoms with E-state index in [4.69, 9.17) is 10.5 Å². The molecule has 0 aliphatic carbocycles. The van der Waals surface area contributed by atoms with Crippen molar-refractivity contribution in [3.8, 4) is 5.75 Å². The standard InChI is InChI=1S/C16H17F2NO/c1-11-8-9-14(19)12(2)15(11)20-10-16(17,18)13-6-4-3-5-7-13/h3-9H,10,19H2,1-2H3. The molecule has 4 heteroatoms. The minimum absolute atomic E-state index is 0.0563. The summed E-state index contributed by atoms with van der Waals surface area (Å²) in [5.74, 6) is -2.61. The molecular formula is C16H17F2NO. The predicted octanol–water partition coefficient (Wildman–Crippen LogP) is 4.06. The summed E-state index contributed by atoms with van der Waals surface area (Å²) in [7, 11) is 0. The molecule has 0 bridgehead atoms. The Hall–Kier alpha value is -2.10. The number of nitrogen functional groups attached to an aromatic ring is 1. The number of nitrogens with two attached hydrogens (primary N) is 1. The minimum Gasteiger partial charge on any atom is -0.486 e. The van der Waals surface area contributed by atoms with E-state index >= 15 is 0 Å². The number of hydrogen-bond acceptors (Lipinski definition) is 2. The highest BCUT2D eigenvalue weighted by Crippen LogP contribution is 2.32. The monoisotopic (exact) mass is 277 g/mol. The van der Waals surface area contributed by atoms with Crippen LogP contribution in [0.15, 0.2) is 42.5 Å². The van der Waals surface area contributed by atoms with E-state index in [-0.39, 0.29) is 5.56 Å². The molecule has 0 amide bonds. The fraction of sp³-hybridized carbons (Fsp3) is 0.250. The first-order valence-corrected chi connectivity index (χ1v) is 6.33. The second-order valence-corrected chi connectivity index (χ2v) is 4.78. The minimum atomic E-state index is -3.04. The van der Waals surface area contributed by atoms with Gasteiger partial charge in [-0.15, -0.1) is 0 Å². The van der Waals surface area contributed by atoms with Gasteiger partial charge in [-0.1, -0.05) is 36.4 Å². The largest absolute Gasteiger partial charge is 0.486 e. The van der Waals surface area contributed by atoms with Gasteiger partial charge in [-0.2, -0.15) is 8.78 Å². The lowest BCUT2D eigenvalue weighted by Crippen LogP contribution is -2.23. The van der Waals surface area contributed by atoms with Gasteiger partial charge in [0.25, 0.3) is 0 Å². The second kappa shape index (κ2) is 5.49. The quantitative estimate of drug-likeness (QED) is 0.855. The number of hydrogen-bond donors (Lipinski definition) is 1. The SMILES string of the molecule is Cc1ccc(N)c(C)c1OCC(F)(F)c1ccccc1. The number of anilines is 1. The highest BCUT2D eigenvalue weighted by atomic mass is 19.3. The molecule has 106 valence electrons. The molecule has 2 aromatic rings. The van der Waals surface area contributed by atoms with Crippen LogP contribution in [-0.2, 0) is 5.92 Å². The highest BCUT2D eigenvalue weighted by molar-refractivity contribution is 5.56. The maximum atomic E-state index is 14.0. The molecule has 2 rings (SSSR count). The molecule has 0 saturated carbocycles. The van der Waals surface area contributed by atoms with Gasteiger partial charge in [-0.25, -0.2) is 0 Å². The van der Waals surface area contributed by atoms with Crippen LogP contribution in [0.2, 0.25) is 0 Å². The number of rotatable bonds is 4. The van der Waals surface area contributed by atoms with E-state index in [1.807, 2.05) is 6.92 Å². The summed E-state index contributed by atoms with van der Waals surface area (Å²) in [6, 6.07) is 11.2. The van der Waals surface area contributed by atoms with Gasteiger partial charge in [-0.05, 0) is 25.5 Å². The van der Waals surface area contributed by atoms with Crippen LogP contribution in [0, 0.1) is 13.8 Å². The van der Waals surface area contributed by atoms with E-state index in [0.29, 0.717) is 17.0 Å². The normalized spacial score (nSPS) is 11.4. The maximum absolute atomic E-state index is 14.0. The summed E-state index contributed by atoms with van der Waals surface area (Å²) in [5, 5.41) is 0. The number of aryl methyl sites for hydroxylation is 1. The molecule has 0 atom stereocenters. The Bertz CT molecular complexity index is 597. The van der Waals surface area contributed by atoms with Gasteiger partial charge < -0.3 is 10.5 Å². The van der Waals surface area contributed by atoms with E-state index in [9.17, 15) is 8.78 Å². The Morgan fingerprint density at radius 2 is 1.70 bits per heavy atom. The van der Waals surface area contributed by atoms with Crippen molar-refractivity contribution in [1.29, 1.82) is 0 Å². The average Bonchev–Trinajstić information content (AvgIpc) is 2.44. The zero-order valence-electron chi connectivity index (χ0n) is 11.5. The van der Waals surface area contributed by atoms with Crippen LogP contribution in [0.3, 0.4) is 0 Å². The van der Waals surface area contributed by atoms with Crippen molar-refractivity contribution in [3.05, 3.63) is 59.2 Å². The molecule has 20 heavy (non-hydrogen) atoms. The maximum Gasteiger partial charge on any atom is 0.306 e. The Labute approximate surface area is 117 Å². The number of ether oxygens (including phenoxy) is 1. The third-order valence-electron chi connectivity index (χ3n) is 3.24. The Kier molecular flexibility index (Phi) is 3.93. The molecule has 0 spiro atoms. The summed E-state index contributed by atoms with van der Waals surface area (Å²) in [6.45, 7) is 2.86. The fourth-order valence-corrected chi connectivity index (χ4v) is 1.99. The van der Waals surface area contributed by atoms with Crippen molar-refractivity contribution in [2.75, 3.05) is 12.3 Å². The van der Waals surface area contributed by atoms with E-state index in [2.05, 4.69) is 0 Å². The third-order valence-corrected chi connectivity index (χ3v) is 3.24. The van der Waals surface area contributed by atoms with Crippen molar-refractivity contribution in [2.45, 2.75) is 19.8 Å². The van der Waals surface area contributed by atoms with Gasteiger partial charge in [-0.3, -0.25) is 0 Å². The highest BCUT2D eigenvalue weighted by Gasteiger charge is 2.32. The van der Waals surface area contributed by atoms with E-state index in [1.165, 1.54) is 12.1 Å². The van der Waals surface area contributed by atoms with Gasteiger partial charge in [0.1, 0.15) is 5.75 Å². The molecule has 0 heterocycles. The average molecular weight is 277 g/mol. The lowest BCUT2D eigenvalue weighted by molar-refractivity contribution is -0.0470. The fourth-order valence-electron chi connectivity index (χ4n) is 1.99. The van der Waals surface area contributed by atoms with Crippen molar-refractivity contribution in [1.82, 2.24) is 0 Å². The van der Waals surface area contributed by atoms with Gasteiger partial charge in [0.15, 0.2) is 6.61 Å². The van der Waals surface area contributed by atoms with Crippen molar-refractivity contribution in [2.24, 2.45) is 0 Å². The van der Waals surface area contributed by atoms with Crippen LogP contribution in [0.5, 0.6) is 5.75 Å². The van der Waals surface area contributed by atoms with Crippen LogP contribution < -0.4 is 10.5 Å².